The van der Waals surface area contributed by atoms with Gasteiger partial charge in [0.2, 0.25) is 5.91 Å². The van der Waals surface area contributed by atoms with Crippen LogP contribution >= 0.6 is 24.8 Å². The van der Waals surface area contributed by atoms with Gasteiger partial charge in [0.25, 0.3) is 0 Å². The summed E-state index contributed by atoms with van der Waals surface area (Å²) >= 11 is 0. The van der Waals surface area contributed by atoms with Crippen molar-refractivity contribution in [3.63, 3.8) is 0 Å². The van der Waals surface area contributed by atoms with E-state index in [2.05, 4.69) is 34.4 Å². The molecule has 1 aromatic heterocycles. The smallest absolute Gasteiger partial charge is 0.237 e. The maximum absolute atomic E-state index is 11.9. The summed E-state index contributed by atoms with van der Waals surface area (Å²) in [7, 11) is 0. The number of β-amino-alcohol motifs (C(OH)–C–C–N with tert-alkyl or cyclic N) is 1. The van der Waals surface area contributed by atoms with Crippen LogP contribution in [-0.4, -0.2) is 47.8 Å². The van der Waals surface area contributed by atoms with Crippen LogP contribution < -0.4 is 15.5 Å². The highest BCUT2D eigenvalue weighted by molar-refractivity contribution is 5.85. The third-order valence-electron chi connectivity index (χ3n) is 3.79. The van der Waals surface area contributed by atoms with Gasteiger partial charge in [-0.2, -0.15) is 0 Å². The molecular weight excluding hydrogens is 339 g/mol. The maximum Gasteiger partial charge on any atom is 0.237 e. The molecule has 0 aromatic carbocycles. The van der Waals surface area contributed by atoms with Crippen molar-refractivity contribution in [2.75, 3.05) is 24.5 Å². The lowest BCUT2D eigenvalue weighted by Crippen LogP contribution is -2.40. The summed E-state index contributed by atoms with van der Waals surface area (Å²) in [6.07, 6.45) is 1.85. The third kappa shape index (κ3) is 6.14. The van der Waals surface area contributed by atoms with E-state index in [0.717, 1.165) is 24.5 Å². The van der Waals surface area contributed by atoms with Crippen molar-refractivity contribution in [2.45, 2.75) is 39.0 Å². The maximum atomic E-state index is 11.9. The Kier molecular flexibility index (Phi) is 10.1. The molecule has 2 rings (SSSR count). The Hall–Kier alpha value is -1.08. The zero-order chi connectivity index (χ0) is 15.2. The van der Waals surface area contributed by atoms with E-state index >= 15 is 0 Å². The second-order valence-corrected chi connectivity index (χ2v) is 5.27. The minimum atomic E-state index is -0.421. The molecule has 2 heterocycles. The number of nitrogens with one attached hydrogen (secondary N) is 2. The number of hydrogen-bond acceptors (Lipinski definition) is 5. The predicted molar refractivity (Wildman–Crippen MR) is 96.6 cm³/mol. The number of aliphatic hydroxyl groups excluding tert-OH is 1. The summed E-state index contributed by atoms with van der Waals surface area (Å²) in [5.74, 6) is 0.884. The molecule has 6 nitrogen and oxygen atoms in total. The second-order valence-electron chi connectivity index (χ2n) is 5.27. The van der Waals surface area contributed by atoms with E-state index in [9.17, 15) is 9.90 Å². The zero-order valence-electron chi connectivity index (χ0n) is 13.5. The Bertz CT molecular complexity index is 469. The highest BCUT2D eigenvalue weighted by Crippen LogP contribution is 2.11. The molecule has 3 N–H and O–H groups in total. The van der Waals surface area contributed by atoms with Crippen LogP contribution in [0.5, 0.6) is 0 Å². The minimum absolute atomic E-state index is 0. The fourth-order valence-electron chi connectivity index (χ4n) is 2.49. The Balaban J connectivity index is 0.00000242. The fourth-order valence-corrected chi connectivity index (χ4v) is 2.49. The van der Waals surface area contributed by atoms with Crippen LogP contribution in [-0.2, 0) is 11.3 Å². The van der Waals surface area contributed by atoms with Crippen molar-refractivity contribution in [3.05, 3.63) is 23.9 Å². The van der Waals surface area contributed by atoms with Gasteiger partial charge in [0.15, 0.2) is 0 Å². The van der Waals surface area contributed by atoms with E-state index in [-0.39, 0.29) is 36.8 Å². The first kappa shape index (κ1) is 21.9. The van der Waals surface area contributed by atoms with Gasteiger partial charge in [-0.15, -0.1) is 24.8 Å². The molecule has 1 aliphatic heterocycles. The minimum Gasteiger partial charge on any atom is -0.392 e. The Morgan fingerprint density at radius 2 is 2.09 bits per heavy atom. The SMILES string of the molecule is CCN(CC)c1ccc(CNC(=O)C2CC(O)CN2)cn1.Cl.Cl. The summed E-state index contributed by atoms with van der Waals surface area (Å²) < 4.78 is 0. The van der Waals surface area contributed by atoms with Crippen molar-refractivity contribution < 1.29 is 9.90 Å². The van der Waals surface area contributed by atoms with E-state index < -0.39 is 6.10 Å². The molecule has 1 aliphatic rings. The van der Waals surface area contributed by atoms with E-state index in [1.165, 1.54) is 0 Å². The van der Waals surface area contributed by atoms with Gasteiger partial charge in [0, 0.05) is 32.4 Å². The number of aliphatic hydroxyl groups is 1. The van der Waals surface area contributed by atoms with Crippen molar-refractivity contribution in [1.29, 1.82) is 0 Å². The van der Waals surface area contributed by atoms with Crippen LogP contribution in [0.2, 0.25) is 0 Å². The quantitative estimate of drug-likeness (QED) is 0.704. The first-order valence-corrected chi connectivity index (χ1v) is 7.53. The van der Waals surface area contributed by atoms with Crippen LogP contribution in [0.4, 0.5) is 5.82 Å². The zero-order valence-corrected chi connectivity index (χ0v) is 15.1. The summed E-state index contributed by atoms with van der Waals surface area (Å²) in [6, 6.07) is 3.67. The first-order chi connectivity index (χ1) is 10.1. The summed E-state index contributed by atoms with van der Waals surface area (Å²) in [5.41, 5.74) is 0.970. The molecule has 0 bridgehead atoms. The number of pyridine rings is 1. The number of hydrogen-bond donors (Lipinski definition) is 3. The van der Waals surface area contributed by atoms with Crippen LogP contribution in [0.25, 0.3) is 0 Å². The molecule has 1 aromatic rings. The molecule has 1 amide bonds. The molecule has 1 fully saturated rings. The van der Waals surface area contributed by atoms with Gasteiger partial charge in [0.05, 0.1) is 12.1 Å². The summed E-state index contributed by atoms with van der Waals surface area (Å²) in [4.78, 5) is 18.5. The fraction of sp³-hybridized carbons (Fsp3) is 0.600. The second kappa shape index (κ2) is 10.6. The number of rotatable bonds is 6. The number of halogens is 2. The average molecular weight is 365 g/mol. The normalized spacial score (nSPS) is 19.4. The molecule has 0 saturated carbocycles. The molecule has 2 unspecified atom stereocenters. The van der Waals surface area contributed by atoms with Crippen LogP contribution in [0.1, 0.15) is 25.8 Å². The van der Waals surface area contributed by atoms with Gasteiger partial charge in [-0.1, -0.05) is 6.07 Å². The summed E-state index contributed by atoms with van der Waals surface area (Å²) in [6.45, 7) is 6.99. The number of nitrogens with zero attached hydrogens (tertiary/aromatic N) is 2. The Morgan fingerprint density at radius 1 is 1.39 bits per heavy atom. The number of carbonyl (C=O) groups excluding carboxylic acids is 1. The Morgan fingerprint density at radius 3 is 2.57 bits per heavy atom. The largest absolute Gasteiger partial charge is 0.392 e. The van der Waals surface area contributed by atoms with Gasteiger partial charge >= 0.3 is 0 Å². The molecule has 8 heteroatoms. The number of anilines is 1. The lowest BCUT2D eigenvalue weighted by Gasteiger charge is -2.19. The van der Waals surface area contributed by atoms with E-state index in [1.807, 2.05) is 12.1 Å². The molecule has 2 atom stereocenters. The number of aromatic nitrogens is 1. The molecule has 23 heavy (non-hydrogen) atoms. The van der Waals surface area contributed by atoms with E-state index in [4.69, 9.17) is 0 Å². The number of amides is 1. The average Bonchev–Trinajstić information content (AvgIpc) is 2.94. The first-order valence-electron chi connectivity index (χ1n) is 7.53. The van der Waals surface area contributed by atoms with Crippen molar-refractivity contribution in [3.8, 4) is 0 Å². The predicted octanol–water partition coefficient (Wildman–Crippen LogP) is 1.11. The van der Waals surface area contributed by atoms with Crippen molar-refractivity contribution in [2.24, 2.45) is 0 Å². The van der Waals surface area contributed by atoms with E-state index in [0.29, 0.717) is 19.5 Å². The lowest BCUT2D eigenvalue weighted by atomic mass is 10.2. The monoisotopic (exact) mass is 364 g/mol. The molecule has 0 spiro atoms. The van der Waals surface area contributed by atoms with Gasteiger partial charge in [0.1, 0.15) is 5.82 Å². The Labute approximate surface area is 149 Å². The van der Waals surface area contributed by atoms with Crippen molar-refractivity contribution >= 4 is 36.5 Å². The van der Waals surface area contributed by atoms with Gasteiger partial charge in [-0.3, -0.25) is 4.79 Å². The molecule has 0 aliphatic carbocycles. The molecule has 132 valence electrons. The van der Waals surface area contributed by atoms with Crippen molar-refractivity contribution in [1.82, 2.24) is 15.6 Å². The highest BCUT2D eigenvalue weighted by atomic mass is 35.5. The molecule has 1 saturated heterocycles. The van der Waals surface area contributed by atoms with Crippen LogP contribution in [0.3, 0.4) is 0 Å². The topological polar surface area (TPSA) is 77.5 Å². The van der Waals surface area contributed by atoms with Crippen LogP contribution in [0.15, 0.2) is 18.3 Å². The lowest BCUT2D eigenvalue weighted by molar-refractivity contribution is -0.123. The van der Waals surface area contributed by atoms with E-state index in [1.54, 1.807) is 6.20 Å². The molecule has 0 radical (unpaired) electrons. The highest BCUT2D eigenvalue weighted by Gasteiger charge is 2.27. The van der Waals surface area contributed by atoms with Gasteiger partial charge in [-0.05, 0) is 31.9 Å². The van der Waals surface area contributed by atoms with Crippen LogP contribution in [0, 0.1) is 0 Å². The summed E-state index contributed by atoms with van der Waals surface area (Å²) in [5, 5.41) is 15.3. The van der Waals surface area contributed by atoms with Gasteiger partial charge < -0.3 is 20.6 Å². The van der Waals surface area contributed by atoms with Gasteiger partial charge in [-0.25, -0.2) is 4.98 Å². The standard InChI is InChI=1S/C15H24N4O2.2ClH/c1-3-19(4-2)14-6-5-11(8-17-14)9-18-15(21)13-7-12(20)10-16-13;;/h5-6,8,12-13,16,20H,3-4,7,9-10H2,1-2H3,(H,18,21);2*1H. The molecular formula is C15H26Cl2N4O2. The number of carbonyl (C=O) groups is 1. The third-order valence-corrected chi connectivity index (χ3v) is 3.79.